The van der Waals surface area contributed by atoms with Crippen LogP contribution < -0.4 is 5.32 Å². The number of nitrogens with one attached hydrogen (secondary N) is 1. The van der Waals surface area contributed by atoms with E-state index in [-0.39, 0.29) is 30.1 Å². The van der Waals surface area contributed by atoms with Gasteiger partial charge in [0.2, 0.25) is 5.91 Å². The Balaban J connectivity index is 1.66. The van der Waals surface area contributed by atoms with Gasteiger partial charge in [0.15, 0.2) is 0 Å². The number of hydrogen-bond donors (Lipinski definition) is 2. The Kier molecular flexibility index (Phi) is 3.49. The zero-order valence-corrected chi connectivity index (χ0v) is 11.3. The Morgan fingerprint density at radius 3 is 2.38 bits per heavy atom. The van der Waals surface area contributed by atoms with Crippen molar-refractivity contribution in [1.82, 2.24) is 5.32 Å². The second-order valence-corrected chi connectivity index (χ2v) is 5.68. The average Bonchev–Trinajstić information content (AvgIpc) is 3.06. The van der Waals surface area contributed by atoms with Crippen molar-refractivity contribution < 1.29 is 19.1 Å². The maximum atomic E-state index is 12.8. The number of halogens is 1. The number of amides is 1. The number of carboxylic acids is 1. The third-order valence-corrected chi connectivity index (χ3v) is 4.43. The van der Waals surface area contributed by atoms with E-state index in [1.807, 2.05) is 12.2 Å². The zero-order chi connectivity index (χ0) is 15.0. The van der Waals surface area contributed by atoms with Crippen LogP contribution in [-0.2, 0) is 16.1 Å². The number of carbonyl (C=O) groups is 2. The molecular formula is C16H16FNO3. The summed E-state index contributed by atoms with van der Waals surface area (Å²) in [5.74, 6) is -2.61. The Labute approximate surface area is 121 Å². The smallest absolute Gasteiger partial charge is 0.307 e. The van der Waals surface area contributed by atoms with E-state index in [0.29, 0.717) is 0 Å². The zero-order valence-electron chi connectivity index (χ0n) is 11.3. The van der Waals surface area contributed by atoms with Crippen LogP contribution in [0.25, 0.3) is 0 Å². The van der Waals surface area contributed by atoms with E-state index in [9.17, 15) is 19.1 Å². The summed E-state index contributed by atoms with van der Waals surface area (Å²) in [6.07, 6.45) is 4.60. The van der Waals surface area contributed by atoms with E-state index >= 15 is 0 Å². The lowest BCUT2D eigenvalue weighted by Crippen LogP contribution is -2.39. The highest BCUT2D eigenvalue weighted by molar-refractivity contribution is 5.86. The summed E-state index contributed by atoms with van der Waals surface area (Å²) in [5, 5.41) is 12.1. The molecule has 4 nitrogen and oxygen atoms in total. The Bertz CT molecular complexity index is 596. The molecule has 1 fully saturated rings. The first kappa shape index (κ1) is 13.8. The molecule has 3 rings (SSSR count). The summed E-state index contributed by atoms with van der Waals surface area (Å²) in [6, 6.07) is 5.87. The first-order valence-electron chi connectivity index (χ1n) is 6.99. The van der Waals surface area contributed by atoms with Gasteiger partial charge >= 0.3 is 5.97 Å². The summed E-state index contributed by atoms with van der Waals surface area (Å²) >= 11 is 0. The molecule has 1 saturated carbocycles. The lowest BCUT2D eigenvalue weighted by Gasteiger charge is -2.23. The molecular weight excluding hydrogens is 273 g/mol. The number of carbonyl (C=O) groups excluding carboxylic acids is 1. The fourth-order valence-corrected chi connectivity index (χ4v) is 3.43. The van der Waals surface area contributed by atoms with Gasteiger partial charge in [-0.2, -0.15) is 0 Å². The van der Waals surface area contributed by atoms with Crippen LogP contribution in [0.1, 0.15) is 12.0 Å². The molecule has 2 aliphatic carbocycles. The highest BCUT2D eigenvalue weighted by Crippen LogP contribution is 2.48. The van der Waals surface area contributed by atoms with Crippen molar-refractivity contribution in [1.29, 1.82) is 0 Å². The molecule has 0 radical (unpaired) electrons. The summed E-state index contributed by atoms with van der Waals surface area (Å²) in [6.45, 7) is 0.281. The number of allylic oxidation sites excluding steroid dienone is 2. The van der Waals surface area contributed by atoms with Crippen molar-refractivity contribution in [3.8, 4) is 0 Å². The first-order valence-corrected chi connectivity index (χ1v) is 6.99. The molecule has 0 spiro atoms. The predicted molar refractivity (Wildman–Crippen MR) is 73.6 cm³/mol. The van der Waals surface area contributed by atoms with Crippen molar-refractivity contribution in [2.24, 2.45) is 23.7 Å². The molecule has 2 N–H and O–H groups in total. The second-order valence-electron chi connectivity index (χ2n) is 5.68. The Morgan fingerprint density at radius 2 is 1.76 bits per heavy atom. The first-order chi connectivity index (χ1) is 10.1. The highest BCUT2D eigenvalue weighted by Gasteiger charge is 2.51. The number of fused-ring (bicyclic) bond motifs is 2. The van der Waals surface area contributed by atoms with E-state index < -0.39 is 17.8 Å². The average molecular weight is 289 g/mol. The monoisotopic (exact) mass is 289 g/mol. The fourth-order valence-electron chi connectivity index (χ4n) is 3.43. The van der Waals surface area contributed by atoms with Crippen molar-refractivity contribution in [3.05, 3.63) is 47.8 Å². The normalized spacial score (nSPS) is 29.6. The van der Waals surface area contributed by atoms with Gasteiger partial charge in [0.05, 0.1) is 11.8 Å². The fraction of sp³-hybridized carbons (Fsp3) is 0.375. The van der Waals surface area contributed by atoms with Gasteiger partial charge in [-0.25, -0.2) is 4.39 Å². The minimum atomic E-state index is -0.909. The number of rotatable bonds is 4. The van der Waals surface area contributed by atoms with Gasteiger partial charge in [-0.05, 0) is 36.0 Å². The predicted octanol–water partition coefficient (Wildman–Crippen LogP) is 1.96. The molecule has 1 aromatic carbocycles. The Hall–Kier alpha value is -2.17. The van der Waals surface area contributed by atoms with Crippen LogP contribution >= 0.6 is 0 Å². The van der Waals surface area contributed by atoms with Gasteiger partial charge in [0.25, 0.3) is 0 Å². The molecule has 0 aromatic heterocycles. The van der Waals surface area contributed by atoms with Crippen molar-refractivity contribution in [2.45, 2.75) is 13.0 Å². The van der Waals surface area contributed by atoms with E-state index in [1.54, 1.807) is 12.1 Å². The number of hydrogen-bond acceptors (Lipinski definition) is 2. The van der Waals surface area contributed by atoms with Crippen molar-refractivity contribution in [2.75, 3.05) is 0 Å². The van der Waals surface area contributed by atoms with Crippen molar-refractivity contribution in [3.63, 3.8) is 0 Å². The minimum absolute atomic E-state index is 0.0179. The number of carboxylic acid groups (broad SMARTS) is 1. The molecule has 110 valence electrons. The number of benzene rings is 1. The molecule has 2 aliphatic rings. The quantitative estimate of drug-likeness (QED) is 0.833. The maximum Gasteiger partial charge on any atom is 0.307 e. The van der Waals surface area contributed by atoms with Gasteiger partial charge in [-0.15, -0.1) is 0 Å². The van der Waals surface area contributed by atoms with Crippen LogP contribution in [0.3, 0.4) is 0 Å². The third-order valence-electron chi connectivity index (χ3n) is 4.43. The van der Waals surface area contributed by atoms with Gasteiger partial charge < -0.3 is 10.4 Å². The van der Waals surface area contributed by atoms with Crippen LogP contribution in [0, 0.1) is 29.5 Å². The molecule has 5 heteroatoms. The van der Waals surface area contributed by atoms with Gasteiger partial charge in [0.1, 0.15) is 5.82 Å². The molecule has 1 amide bonds. The van der Waals surface area contributed by atoms with Gasteiger partial charge in [-0.1, -0.05) is 24.3 Å². The lowest BCUT2D eigenvalue weighted by atomic mass is 9.82. The van der Waals surface area contributed by atoms with Crippen molar-refractivity contribution >= 4 is 11.9 Å². The third kappa shape index (κ3) is 2.55. The largest absolute Gasteiger partial charge is 0.481 e. The van der Waals surface area contributed by atoms with E-state index in [1.165, 1.54) is 12.1 Å². The summed E-state index contributed by atoms with van der Waals surface area (Å²) in [4.78, 5) is 23.7. The summed E-state index contributed by atoms with van der Waals surface area (Å²) in [7, 11) is 0. The molecule has 0 saturated heterocycles. The Morgan fingerprint density at radius 1 is 1.14 bits per heavy atom. The molecule has 0 heterocycles. The van der Waals surface area contributed by atoms with E-state index in [0.717, 1.165) is 12.0 Å². The van der Waals surface area contributed by atoms with Crippen LogP contribution in [0.4, 0.5) is 4.39 Å². The van der Waals surface area contributed by atoms with E-state index in [2.05, 4.69) is 5.32 Å². The minimum Gasteiger partial charge on any atom is -0.481 e. The summed E-state index contributed by atoms with van der Waals surface area (Å²) in [5.41, 5.74) is 0.787. The van der Waals surface area contributed by atoms with E-state index in [4.69, 9.17) is 0 Å². The van der Waals surface area contributed by atoms with Crippen LogP contribution in [-0.4, -0.2) is 17.0 Å². The topological polar surface area (TPSA) is 66.4 Å². The lowest BCUT2D eigenvalue weighted by molar-refractivity contribution is -0.147. The van der Waals surface area contributed by atoms with Crippen LogP contribution in [0.15, 0.2) is 36.4 Å². The SMILES string of the molecule is O=C(O)[C@@H]1[C@@H](C(=O)NCc2ccc(F)cc2)[C@H]2C=C[C@@H]1C2. The van der Waals surface area contributed by atoms with Crippen LogP contribution in [0.2, 0.25) is 0 Å². The molecule has 21 heavy (non-hydrogen) atoms. The van der Waals surface area contributed by atoms with Gasteiger partial charge in [0, 0.05) is 6.54 Å². The maximum absolute atomic E-state index is 12.8. The van der Waals surface area contributed by atoms with Crippen LogP contribution in [0.5, 0.6) is 0 Å². The highest BCUT2D eigenvalue weighted by atomic mass is 19.1. The summed E-state index contributed by atoms with van der Waals surface area (Å²) < 4.78 is 12.8. The molecule has 2 bridgehead atoms. The molecule has 4 atom stereocenters. The molecule has 0 aliphatic heterocycles. The molecule has 1 aromatic rings. The molecule has 0 unspecified atom stereocenters. The van der Waals surface area contributed by atoms with Gasteiger partial charge in [-0.3, -0.25) is 9.59 Å². The number of aliphatic carboxylic acids is 1. The standard InChI is InChI=1S/C16H16FNO3/c17-12-5-1-9(2-6-12)8-18-15(19)13-10-3-4-11(7-10)14(13)16(20)21/h1-6,10-11,13-14H,7-8H2,(H,18,19)(H,20,21)/t10-,11+,13-,14-/m0/s1. The second kappa shape index (κ2) is 5.31.